The first-order chi connectivity index (χ1) is 13.9. The number of fused-ring (bicyclic) bond motifs is 1. The Morgan fingerprint density at radius 2 is 2.24 bits per heavy atom. The molecule has 1 aliphatic rings. The maximum absolute atomic E-state index is 12.3. The van der Waals surface area contributed by atoms with Crippen LogP contribution >= 0.6 is 0 Å². The van der Waals surface area contributed by atoms with Crippen LogP contribution < -0.4 is 5.32 Å². The highest BCUT2D eigenvalue weighted by molar-refractivity contribution is 5.78. The average molecular weight is 396 g/mol. The van der Waals surface area contributed by atoms with Crippen LogP contribution in [0.4, 0.5) is 10.7 Å². The van der Waals surface area contributed by atoms with E-state index in [9.17, 15) is 4.79 Å². The standard InChI is InChI=1S/C20H24N6O3/c1-20(2,3)29-19(27)25-8-6-14(7-9-25)16-12-22-18(26-13-23-24-17(16)26)21-11-15-5-4-10-28-15/h4-6,10,12-13H,7-9,11H2,1-3H3,(H,21,22). The highest BCUT2D eigenvalue weighted by Crippen LogP contribution is 2.26. The summed E-state index contributed by atoms with van der Waals surface area (Å²) in [6.07, 6.45) is 7.49. The van der Waals surface area contributed by atoms with Crippen LogP contribution in [0, 0.1) is 0 Å². The number of aromatic nitrogens is 4. The molecule has 9 nitrogen and oxygen atoms in total. The van der Waals surface area contributed by atoms with Crippen LogP contribution in [0.2, 0.25) is 0 Å². The number of hydrogen-bond acceptors (Lipinski definition) is 7. The van der Waals surface area contributed by atoms with Crippen molar-refractivity contribution in [3.63, 3.8) is 0 Å². The van der Waals surface area contributed by atoms with Gasteiger partial charge in [-0.15, -0.1) is 10.2 Å². The Morgan fingerprint density at radius 3 is 2.93 bits per heavy atom. The molecule has 0 saturated heterocycles. The fraction of sp³-hybridized carbons (Fsp3) is 0.400. The van der Waals surface area contributed by atoms with Crippen LogP contribution in [-0.2, 0) is 11.3 Å². The van der Waals surface area contributed by atoms with Crippen molar-refractivity contribution in [2.75, 3.05) is 18.4 Å². The number of nitrogens with one attached hydrogen (secondary N) is 1. The number of nitrogens with zero attached hydrogens (tertiary/aromatic N) is 5. The molecule has 0 atom stereocenters. The number of ether oxygens (including phenoxy) is 1. The Balaban J connectivity index is 1.51. The first-order valence-corrected chi connectivity index (χ1v) is 9.53. The van der Waals surface area contributed by atoms with Gasteiger partial charge in [0.25, 0.3) is 0 Å². The number of furan rings is 1. The molecular weight excluding hydrogens is 372 g/mol. The van der Waals surface area contributed by atoms with Crippen molar-refractivity contribution in [1.29, 1.82) is 0 Å². The van der Waals surface area contributed by atoms with E-state index in [0.29, 0.717) is 32.0 Å². The second-order valence-electron chi connectivity index (χ2n) is 7.86. The molecule has 0 saturated carbocycles. The van der Waals surface area contributed by atoms with Gasteiger partial charge in [0.2, 0.25) is 5.95 Å². The van der Waals surface area contributed by atoms with Crippen LogP contribution in [0.15, 0.2) is 41.4 Å². The maximum Gasteiger partial charge on any atom is 0.410 e. The Kier molecular flexibility index (Phi) is 4.96. The summed E-state index contributed by atoms with van der Waals surface area (Å²) in [5.74, 6) is 1.45. The topological polar surface area (TPSA) is 97.8 Å². The van der Waals surface area contributed by atoms with Crippen molar-refractivity contribution in [3.05, 3.63) is 48.3 Å². The van der Waals surface area contributed by atoms with E-state index in [0.717, 1.165) is 22.5 Å². The maximum atomic E-state index is 12.3. The Bertz CT molecular complexity index is 1030. The summed E-state index contributed by atoms with van der Waals surface area (Å²) in [5, 5.41) is 11.5. The van der Waals surface area contributed by atoms with Gasteiger partial charge in [0.15, 0.2) is 5.65 Å². The first-order valence-electron chi connectivity index (χ1n) is 9.53. The second kappa shape index (κ2) is 7.57. The predicted molar refractivity (Wildman–Crippen MR) is 107 cm³/mol. The molecule has 152 valence electrons. The molecule has 0 fully saturated rings. The first kappa shape index (κ1) is 19.0. The molecule has 1 N–H and O–H groups in total. The van der Waals surface area contributed by atoms with Crippen molar-refractivity contribution >= 4 is 23.3 Å². The van der Waals surface area contributed by atoms with Crippen molar-refractivity contribution in [3.8, 4) is 0 Å². The van der Waals surface area contributed by atoms with Gasteiger partial charge in [0, 0.05) is 24.8 Å². The lowest BCUT2D eigenvalue weighted by Gasteiger charge is -2.29. The predicted octanol–water partition coefficient (Wildman–Crippen LogP) is 3.35. The number of carbonyl (C=O) groups is 1. The van der Waals surface area contributed by atoms with Crippen LogP contribution in [0.1, 0.15) is 38.5 Å². The molecule has 0 bridgehead atoms. The van der Waals surface area contributed by atoms with Gasteiger partial charge in [0.1, 0.15) is 17.7 Å². The number of amides is 1. The summed E-state index contributed by atoms with van der Waals surface area (Å²) >= 11 is 0. The quantitative estimate of drug-likeness (QED) is 0.722. The number of hydrogen-bond donors (Lipinski definition) is 1. The number of anilines is 1. The fourth-order valence-corrected chi connectivity index (χ4v) is 3.16. The molecule has 0 aliphatic carbocycles. The Hall–Kier alpha value is -3.36. The van der Waals surface area contributed by atoms with Crippen molar-refractivity contribution in [2.45, 2.75) is 39.3 Å². The van der Waals surface area contributed by atoms with Crippen LogP contribution in [0.5, 0.6) is 0 Å². The van der Waals surface area contributed by atoms with Crippen LogP contribution in [-0.4, -0.2) is 49.3 Å². The molecule has 4 rings (SSSR count). The monoisotopic (exact) mass is 396 g/mol. The SMILES string of the molecule is CC(C)(C)OC(=O)N1CC=C(c2cnc(NCc3ccco3)n3cnnc23)CC1. The van der Waals surface area contributed by atoms with Gasteiger partial charge >= 0.3 is 6.09 Å². The van der Waals surface area contributed by atoms with Crippen molar-refractivity contribution in [2.24, 2.45) is 0 Å². The van der Waals surface area contributed by atoms with E-state index in [1.165, 1.54) is 0 Å². The minimum absolute atomic E-state index is 0.295. The van der Waals surface area contributed by atoms with Gasteiger partial charge in [-0.2, -0.15) is 0 Å². The van der Waals surface area contributed by atoms with E-state index in [1.807, 2.05) is 43.4 Å². The summed E-state index contributed by atoms with van der Waals surface area (Å²) in [7, 11) is 0. The van der Waals surface area contributed by atoms with Crippen LogP contribution in [0.25, 0.3) is 11.2 Å². The Labute approximate surface area is 168 Å². The number of carbonyl (C=O) groups excluding carboxylic acids is 1. The largest absolute Gasteiger partial charge is 0.467 e. The zero-order valence-corrected chi connectivity index (χ0v) is 16.8. The summed E-state index contributed by atoms with van der Waals surface area (Å²) in [4.78, 5) is 18.5. The van der Waals surface area contributed by atoms with Crippen LogP contribution in [0.3, 0.4) is 0 Å². The smallest absolute Gasteiger partial charge is 0.410 e. The van der Waals surface area contributed by atoms with Gasteiger partial charge in [-0.3, -0.25) is 4.40 Å². The molecule has 1 amide bonds. The van der Waals surface area contributed by atoms with E-state index in [-0.39, 0.29) is 6.09 Å². The molecule has 0 unspecified atom stereocenters. The minimum Gasteiger partial charge on any atom is -0.467 e. The summed E-state index contributed by atoms with van der Waals surface area (Å²) < 4.78 is 12.6. The summed E-state index contributed by atoms with van der Waals surface area (Å²) in [5.41, 5.74) is 2.22. The van der Waals surface area contributed by atoms with Crippen molar-refractivity contribution in [1.82, 2.24) is 24.5 Å². The normalized spacial score (nSPS) is 14.7. The third-order valence-corrected chi connectivity index (χ3v) is 4.54. The number of rotatable bonds is 4. The highest BCUT2D eigenvalue weighted by Gasteiger charge is 2.25. The molecule has 0 spiro atoms. The van der Waals surface area contributed by atoms with E-state index in [1.54, 1.807) is 23.7 Å². The van der Waals surface area contributed by atoms with E-state index in [2.05, 4.69) is 20.5 Å². The lowest BCUT2D eigenvalue weighted by Crippen LogP contribution is -2.39. The van der Waals surface area contributed by atoms with Crippen molar-refractivity contribution < 1.29 is 13.9 Å². The zero-order chi connectivity index (χ0) is 20.4. The third kappa shape index (κ3) is 4.23. The molecular formula is C20H24N6O3. The Morgan fingerprint density at radius 1 is 1.38 bits per heavy atom. The lowest BCUT2D eigenvalue weighted by molar-refractivity contribution is 0.0270. The molecule has 0 aromatic carbocycles. The minimum atomic E-state index is -0.503. The van der Waals surface area contributed by atoms with E-state index in [4.69, 9.17) is 9.15 Å². The van der Waals surface area contributed by atoms with Gasteiger partial charge in [-0.05, 0) is 44.9 Å². The summed E-state index contributed by atoms with van der Waals surface area (Å²) in [6.45, 7) is 7.19. The molecule has 3 aromatic heterocycles. The molecule has 0 radical (unpaired) electrons. The van der Waals surface area contributed by atoms with Gasteiger partial charge < -0.3 is 19.4 Å². The molecule has 3 aromatic rings. The van der Waals surface area contributed by atoms with E-state index >= 15 is 0 Å². The fourth-order valence-electron chi connectivity index (χ4n) is 3.16. The molecule has 1 aliphatic heterocycles. The molecule has 9 heteroatoms. The lowest BCUT2D eigenvalue weighted by atomic mass is 10.0. The van der Waals surface area contributed by atoms with Gasteiger partial charge in [-0.25, -0.2) is 9.78 Å². The molecule has 29 heavy (non-hydrogen) atoms. The second-order valence-corrected chi connectivity index (χ2v) is 7.86. The van der Waals surface area contributed by atoms with E-state index < -0.39 is 5.60 Å². The zero-order valence-electron chi connectivity index (χ0n) is 16.8. The van der Waals surface area contributed by atoms with Gasteiger partial charge in [-0.1, -0.05) is 6.08 Å². The third-order valence-electron chi connectivity index (χ3n) is 4.54. The average Bonchev–Trinajstić information content (AvgIpc) is 3.37. The highest BCUT2D eigenvalue weighted by atomic mass is 16.6. The summed E-state index contributed by atoms with van der Waals surface area (Å²) in [6, 6.07) is 3.74. The van der Waals surface area contributed by atoms with Gasteiger partial charge in [0.05, 0.1) is 12.8 Å². The molecule has 4 heterocycles.